The van der Waals surface area contributed by atoms with Crippen molar-refractivity contribution in [1.82, 2.24) is 14.7 Å². The van der Waals surface area contributed by atoms with Crippen molar-refractivity contribution in [2.24, 2.45) is 0 Å². The summed E-state index contributed by atoms with van der Waals surface area (Å²) >= 11 is 1.80. The Hall–Kier alpha value is -2.29. The van der Waals surface area contributed by atoms with E-state index in [1.54, 1.807) is 11.9 Å². The molecule has 1 saturated carbocycles. The molecule has 0 spiro atoms. The molecule has 1 aliphatic carbocycles. The number of benzene rings is 1. The van der Waals surface area contributed by atoms with E-state index in [1.165, 1.54) is 6.07 Å². The molecule has 5 rings (SSSR count). The van der Waals surface area contributed by atoms with E-state index < -0.39 is 11.6 Å². The van der Waals surface area contributed by atoms with Gasteiger partial charge in [0.2, 0.25) is 0 Å². The zero-order chi connectivity index (χ0) is 19.3. The Morgan fingerprint density at radius 3 is 2.82 bits per heavy atom. The number of carbonyl (C=O) groups excluding carboxylic acids is 1. The van der Waals surface area contributed by atoms with Crippen LogP contribution in [0, 0.1) is 11.6 Å². The van der Waals surface area contributed by atoms with E-state index >= 15 is 0 Å². The second-order valence-corrected chi connectivity index (χ2v) is 8.57. The second kappa shape index (κ2) is 6.95. The quantitative estimate of drug-likeness (QED) is 0.763. The zero-order valence-corrected chi connectivity index (χ0v) is 16.1. The van der Waals surface area contributed by atoms with Gasteiger partial charge >= 0.3 is 6.03 Å². The minimum absolute atomic E-state index is 0.0665. The molecule has 9 heteroatoms. The largest absolute Gasteiger partial charge is 0.322 e. The monoisotopic (exact) mass is 405 g/mol. The van der Waals surface area contributed by atoms with Crippen LogP contribution in [-0.2, 0) is 6.54 Å². The number of halogens is 2. The number of hydrogen-bond donors (Lipinski definition) is 1. The van der Waals surface area contributed by atoms with Crippen LogP contribution in [0.4, 0.5) is 25.0 Å². The van der Waals surface area contributed by atoms with Crippen LogP contribution in [0.1, 0.15) is 37.4 Å². The van der Waals surface area contributed by atoms with Gasteiger partial charge in [0.25, 0.3) is 0 Å². The van der Waals surface area contributed by atoms with Gasteiger partial charge in [-0.15, -0.1) is 0 Å². The van der Waals surface area contributed by atoms with Crippen molar-refractivity contribution in [2.45, 2.75) is 44.3 Å². The molecule has 28 heavy (non-hydrogen) atoms. The highest BCUT2D eigenvalue weighted by Crippen LogP contribution is 2.43. The first kappa shape index (κ1) is 17.8. The lowest BCUT2D eigenvalue weighted by atomic mass is 10.1. The molecule has 2 aliphatic heterocycles. The molecule has 3 heterocycles. The van der Waals surface area contributed by atoms with Gasteiger partial charge in [0.15, 0.2) is 11.6 Å². The fourth-order valence-corrected chi connectivity index (χ4v) is 5.53. The minimum atomic E-state index is -0.971. The van der Waals surface area contributed by atoms with Crippen LogP contribution in [0.25, 0.3) is 0 Å². The fourth-order valence-electron chi connectivity index (χ4n) is 4.50. The highest BCUT2D eigenvalue weighted by molar-refractivity contribution is 8.00. The molecule has 2 amide bonds. The number of fused-ring (bicyclic) bond motifs is 3. The van der Waals surface area contributed by atoms with E-state index in [-0.39, 0.29) is 23.8 Å². The molecular weight excluding hydrogens is 384 g/mol. The Bertz CT molecular complexity index is 900. The Balaban J connectivity index is 1.43. The maximum Gasteiger partial charge on any atom is 0.322 e. The smallest absolute Gasteiger partial charge is 0.313 e. The molecule has 6 nitrogen and oxygen atoms in total. The third-order valence-corrected chi connectivity index (χ3v) is 6.97. The highest BCUT2D eigenvalue weighted by Gasteiger charge is 2.42. The summed E-state index contributed by atoms with van der Waals surface area (Å²) in [6, 6.07) is 3.37. The molecule has 0 unspecified atom stereocenters. The van der Waals surface area contributed by atoms with Gasteiger partial charge in [-0.05, 0) is 49.8 Å². The molecule has 1 N–H and O–H groups in total. The Kier molecular flexibility index (Phi) is 4.41. The first-order chi connectivity index (χ1) is 13.6. The van der Waals surface area contributed by atoms with Gasteiger partial charge < -0.3 is 14.5 Å². The molecule has 2 aromatic rings. The van der Waals surface area contributed by atoms with Crippen molar-refractivity contribution >= 4 is 29.4 Å². The summed E-state index contributed by atoms with van der Waals surface area (Å²) < 4.78 is 31.1. The summed E-state index contributed by atoms with van der Waals surface area (Å²) in [6.07, 6.45) is 6.00. The van der Waals surface area contributed by atoms with Gasteiger partial charge in [0.1, 0.15) is 0 Å². The molecule has 3 aliphatic rings. The molecule has 1 aromatic heterocycles. The van der Waals surface area contributed by atoms with Crippen molar-refractivity contribution in [1.29, 1.82) is 0 Å². The molecule has 1 aromatic carbocycles. The third kappa shape index (κ3) is 2.92. The molecule has 0 radical (unpaired) electrons. The van der Waals surface area contributed by atoms with E-state index in [1.807, 2.05) is 11.1 Å². The number of urea groups is 1. The predicted octanol–water partition coefficient (Wildman–Crippen LogP) is 4.16. The minimum Gasteiger partial charge on any atom is -0.313 e. The van der Waals surface area contributed by atoms with Crippen LogP contribution in [0.5, 0.6) is 0 Å². The first-order valence-corrected chi connectivity index (χ1v) is 10.6. The van der Waals surface area contributed by atoms with Gasteiger partial charge in [0, 0.05) is 24.1 Å². The summed E-state index contributed by atoms with van der Waals surface area (Å²) in [5, 5.41) is 7.39. The normalized spacial score (nSPS) is 23.6. The number of anilines is 2. The van der Waals surface area contributed by atoms with Gasteiger partial charge in [0.05, 0.1) is 36.2 Å². The van der Waals surface area contributed by atoms with Crippen molar-refractivity contribution in [3.63, 3.8) is 0 Å². The van der Waals surface area contributed by atoms with Crippen LogP contribution in [-0.4, -0.2) is 39.1 Å². The Morgan fingerprint density at radius 1 is 1.18 bits per heavy atom. The number of aromatic nitrogens is 2. The number of amides is 2. The molecule has 2 atom stereocenters. The number of nitrogens with one attached hydrogen (secondary N) is 1. The van der Waals surface area contributed by atoms with E-state index in [0.29, 0.717) is 6.54 Å². The van der Waals surface area contributed by atoms with Crippen LogP contribution in [0.15, 0.2) is 24.4 Å². The predicted molar refractivity (Wildman–Crippen MR) is 104 cm³/mol. The summed E-state index contributed by atoms with van der Waals surface area (Å²) in [7, 11) is 0. The number of nitrogens with zero attached hydrogens (tertiary/aromatic N) is 4. The Labute approximate surface area is 166 Å². The average Bonchev–Trinajstić information content (AvgIpc) is 3.42. The number of hydrogen-bond acceptors (Lipinski definition) is 4. The van der Waals surface area contributed by atoms with Gasteiger partial charge in [-0.3, -0.25) is 4.68 Å². The van der Waals surface area contributed by atoms with E-state index in [9.17, 15) is 13.6 Å². The topological polar surface area (TPSA) is 53.4 Å². The summed E-state index contributed by atoms with van der Waals surface area (Å²) in [5.74, 6) is -0.804. The van der Waals surface area contributed by atoms with Gasteiger partial charge in [-0.25, -0.2) is 13.6 Å². The van der Waals surface area contributed by atoms with Crippen molar-refractivity contribution in [3.05, 3.63) is 41.7 Å². The lowest BCUT2D eigenvalue weighted by Gasteiger charge is -2.39. The van der Waals surface area contributed by atoms with Gasteiger partial charge in [-0.2, -0.15) is 5.10 Å². The second-order valence-electron chi connectivity index (χ2n) is 7.46. The highest BCUT2D eigenvalue weighted by atomic mass is 32.2. The standard InChI is InChI=1S/C19H21F2N5OS/c20-13-6-5-12(9-14(13)21)23-19(27)24-11-18-17(25-7-2-8-28-25)10-22-26(18)16-4-1-3-15(16)24/h5-6,9-10,15-16H,1-4,7-8,11H2,(H,23,27)/t15-,16+/m0/s1. The van der Waals surface area contributed by atoms with Crippen LogP contribution in [0.2, 0.25) is 0 Å². The molecular formula is C19H21F2N5OS. The summed E-state index contributed by atoms with van der Waals surface area (Å²) in [4.78, 5) is 14.9. The lowest BCUT2D eigenvalue weighted by Crippen LogP contribution is -2.49. The third-order valence-electron chi connectivity index (χ3n) is 5.81. The number of carbonyl (C=O) groups is 1. The summed E-state index contributed by atoms with van der Waals surface area (Å²) in [6.45, 7) is 1.45. The van der Waals surface area contributed by atoms with Crippen LogP contribution in [0.3, 0.4) is 0 Å². The van der Waals surface area contributed by atoms with Crippen molar-refractivity contribution in [3.8, 4) is 0 Å². The summed E-state index contributed by atoms with van der Waals surface area (Å²) in [5.41, 5.74) is 2.39. The van der Waals surface area contributed by atoms with Gasteiger partial charge in [-0.1, -0.05) is 0 Å². The lowest BCUT2D eigenvalue weighted by molar-refractivity contribution is 0.139. The maximum absolute atomic E-state index is 13.5. The fraction of sp³-hybridized carbons (Fsp3) is 0.474. The van der Waals surface area contributed by atoms with Crippen LogP contribution < -0.4 is 9.62 Å². The van der Waals surface area contributed by atoms with Crippen molar-refractivity contribution < 1.29 is 13.6 Å². The van der Waals surface area contributed by atoms with Crippen molar-refractivity contribution in [2.75, 3.05) is 21.9 Å². The first-order valence-electron chi connectivity index (χ1n) is 9.61. The molecule has 1 saturated heterocycles. The van der Waals surface area contributed by atoms with E-state index in [2.05, 4.69) is 19.4 Å². The number of rotatable bonds is 2. The maximum atomic E-state index is 13.5. The SMILES string of the molecule is O=C(Nc1ccc(F)c(F)c1)N1Cc2c(N3CCCS3)cnn2[C@@H]2CCC[C@@H]21. The molecule has 0 bridgehead atoms. The van der Waals surface area contributed by atoms with Crippen LogP contribution >= 0.6 is 11.9 Å². The Morgan fingerprint density at radius 2 is 2.04 bits per heavy atom. The van der Waals surface area contributed by atoms with E-state index in [0.717, 1.165) is 61.5 Å². The zero-order valence-electron chi connectivity index (χ0n) is 15.3. The van der Waals surface area contributed by atoms with E-state index in [4.69, 9.17) is 0 Å². The molecule has 148 valence electrons. The average molecular weight is 405 g/mol. The molecule has 2 fully saturated rings.